The molecule has 0 aliphatic rings. The molecule has 0 N–H and O–H groups in total. The molecule has 0 aliphatic heterocycles. The Kier molecular flexibility index (Phi) is 4.19. The summed E-state index contributed by atoms with van der Waals surface area (Å²) in [4.78, 5) is 0. The van der Waals surface area contributed by atoms with Crippen LogP contribution in [0.1, 0.15) is 32.3 Å². The first-order chi connectivity index (χ1) is 7.36. The van der Waals surface area contributed by atoms with Gasteiger partial charge in [-0.15, -0.1) is 0 Å². The molecule has 2 heteroatoms. The number of rotatable bonds is 4. The summed E-state index contributed by atoms with van der Waals surface area (Å²) < 4.78 is 5.73. The summed E-state index contributed by atoms with van der Waals surface area (Å²) in [6.45, 7) is 14.4. The normalized spacial score (nSPS) is 11.9. The van der Waals surface area contributed by atoms with Crippen LogP contribution >= 0.6 is 0 Å². The van der Waals surface area contributed by atoms with Crippen molar-refractivity contribution in [2.45, 2.75) is 46.3 Å². The molecule has 16 heavy (non-hydrogen) atoms. The quantitative estimate of drug-likeness (QED) is 0.723. The van der Waals surface area contributed by atoms with Gasteiger partial charge in [0.2, 0.25) is 0 Å². The van der Waals surface area contributed by atoms with Crippen LogP contribution in [0, 0.1) is 0 Å². The summed E-state index contributed by atoms with van der Waals surface area (Å²) in [6, 6.07) is 6.69. The van der Waals surface area contributed by atoms with Gasteiger partial charge in [0.15, 0.2) is 0 Å². The van der Waals surface area contributed by atoms with E-state index in [9.17, 15) is 0 Å². The SMILES string of the molecule is CCOc1ccc(C(C)C)cc1[Si](C)(C)C. The van der Waals surface area contributed by atoms with Gasteiger partial charge in [0.05, 0.1) is 14.7 Å². The fraction of sp³-hybridized carbons (Fsp3) is 0.571. The average Bonchev–Trinajstić information content (AvgIpc) is 2.16. The molecular weight excluding hydrogens is 212 g/mol. The Morgan fingerprint density at radius 1 is 1.19 bits per heavy atom. The first-order valence-electron chi connectivity index (χ1n) is 6.13. The fourth-order valence-corrected chi connectivity index (χ4v) is 3.27. The summed E-state index contributed by atoms with van der Waals surface area (Å²) >= 11 is 0. The van der Waals surface area contributed by atoms with Crippen molar-refractivity contribution < 1.29 is 4.74 Å². The van der Waals surface area contributed by atoms with Crippen molar-refractivity contribution >= 4 is 13.3 Å². The number of hydrogen-bond donors (Lipinski definition) is 0. The molecule has 0 spiro atoms. The Labute approximate surface area is 101 Å². The van der Waals surface area contributed by atoms with Gasteiger partial charge in [-0.1, -0.05) is 45.6 Å². The lowest BCUT2D eigenvalue weighted by atomic mass is 10.0. The molecule has 0 saturated carbocycles. The first kappa shape index (κ1) is 13.3. The fourth-order valence-electron chi connectivity index (χ4n) is 1.77. The number of hydrogen-bond acceptors (Lipinski definition) is 1. The van der Waals surface area contributed by atoms with E-state index in [4.69, 9.17) is 4.74 Å². The van der Waals surface area contributed by atoms with Gasteiger partial charge < -0.3 is 4.74 Å². The zero-order chi connectivity index (χ0) is 12.3. The van der Waals surface area contributed by atoms with E-state index in [1.807, 2.05) is 6.92 Å². The minimum Gasteiger partial charge on any atom is -0.494 e. The lowest BCUT2D eigenvalue weighted by molar-refractivity contribution is 0.342. The second-order valence-electron chi connectivity index (χ2n) is 5.59. The van der Waals surface area contributed by atoms with E-state index < -0.39 is 8.07 Å². The minimum atomic E-state index is -1.32. The lowest BCUT2D eigenvalue weighted by Gasteiger charge is -2.22. The summed E-state index contributed by atoms with van der Waals surface area (Å²) in [5, 5.41) is 1.44. The van der Waals surface area contributed by atoms with Gasteiger partial charge in [-0.25, -0.2) is 0 Å². The third-order valence-corrected chi connectivity index (χ3v) is 4.78. The van der Waals surface area contributed by atoms with E-state index >= 15 is 0 Å². The van der Waals surface area contributed by atoms with Gasteiger partial charge in [0.25, 0.3) is 0 Å². The minimum absolute atomic E-state index is 0.589. The van der Waals surface area contributed by atoms with Crippen molar-refractivity contribution in [3.63, 3.8) is 0 Å². The zero-order valence-corrected chi connectivity index (χ0v) is 12.4. The Morgan fingerprint density at radius 2 is 1.81 bits per heavy atom. The van der Waals surface area contributed by atoms with Gasteiger partial charge in [0, 0.05) is 0 Å². The third kappa shape index (κ3) is 3.11. The van der Waals surface area contributed by atoms with Gasteiger partial charge in [-0.05, 0) is 29.7 Å². The molecular formula is C14H24OSi. The largest absolute Gasteiger partial charge is 0.494 e. The summed E-state index contributed by atoms with van der Waals surface area (Å²) in [6.07, 6.45) is 0. The topological polar surface area (TPSA) is 9.23 Å². The number of benzene rings is 1. The molecule has 90 valence electrons. The summed E-state index contributed by atoms with van der Waals surface area (Å²) in [5.41, 5.74) is 1.42. The molecule has 0 bridgehead atoms. The van der Waals surface area contributed by atoms with Gasteiger partial charge in [-0.2, -0.15) is 0 Å². The molecule has 1 aromatic rings. The van der Waals surface area contributed by atoms with Gasteiger partial charge in [0.1, 0.15) is 5.75 Å². The molecule has 1 nitrogen and oxygen atoms in total. The molecule has 0 radical (unpaired) electrons. The molecule has 1 rings (SSSR count). The molecule has 1 aromatic carbocycles. The predicted octanol–water partition coefficient (Wildman–Crippen LogP) is 3.75. The van der Waals surface area contributed by atoms with Gasteiger partial charge >= 0.3 is 0 Å². The highest BCUT2D eigenvalue weighted by Gasteiger charge is 2.21. The molecule has 0 fully saturated rings. The van der Waals surface area contributed by atoms with E-state index in [0.29, 0.717) is 5.92 Å². The van der Waals surface area contributed by atoms with E-state index in [0.717, 1.165) is 12.4 Å². The van der Waals surface area contributed by atoms with E-state index in [-0.39, 0.29) is 0 Å². The van der Waals surface area contributed by atoms with Crippen LogP contribution in [0.25, 0.3) is 0 Å². The highest BCUT2D eigenvalue weighted by atomic mass is 28.3. The summed E-state index contributed by atoms with van der Waals surface area (Å²) in [7, 11) is -1.32. The molecule has 0 heterocycles. The van der Waals surface area contributed by atoms with Crippen LogP contribution in [0.3, 0.4) is 0 Å². The van der Waals surface area contributed by atoms with Crippen molar-refractivity contribution in [1.82, 2.24) is 0 Å². The first-order valence-corrected chi connectivity index (χ1v) is 9.63. The van der Waals surface area contributed by atoms with Crippen LogP contribution in [-0.2, 0) is 0 Å². The molecule has 0 amide bonds. The Hall–Kier alpha value is -0.763. The molecule has 0 aliphatic carbocycles. The van der Waals surface area contributed by atoms with Crippen molar-refractivity contribution in [2.75, 3.05) is 6.61 Å². The second kappa shape index (κ2) is 5.04. The maximum Gasteiger partial charge on any atom is 0.118 e. The Bertz CT molecular complexity index is 350. The van der Waals surface area contributed by atoms with Crippen molar-refractivity contribution in [3.05, 3.63) is 23.8 Å². The summed E-state index contributed by atoms with van der Waals surface area (Å²) in [5.74, 6) is 1.68. The Balaban J connectivity index is 3.21. The molecule has 0 unspecified atom stereocenters. The van der Waals surface area contributed by atoms with Crippen LogP contribution in [0.15, 0.2) is 18.2 Å². The molecule has 0 aromatic heterocycles. The van der Waals surface area contributed by atoms with E-state index in [1.165, 1.54) is 10.8 Å². The highest BCUT2D eigenvalue weighted by molar-refractivity contribution is 6.89. The second-order valence-corrected chi connectivity index (χ2v) is 10.6. The van der Waals surface area contributed by atoms with Crippen LogP contribution in [-0.4, -0.2) is 14.7 Å². The monoisotopic (exact) mass is 236 g/mol. The van der Waals surface area contributed by atoms with Crippen LogP contribution < -0.4 is 9.92 Å². The predicted molar refractivity (Wildman–Crippen MR) is 74.7 cm³/mol. The van der Waals surface area contributed by atoms with Crippen LogP contribution in [0.5, 0.6) is 5.75 Å². The maximum absolute atomic E-state index is 5.73. The van der Waals surface area contributed by atoms with Crippen molar-refractivity contribution in [2.24, 2.45) is 0 Å². The van der Waals surface area contributed by atoms with Crippen LogP contribution in [0.2, 0.25) is 19.6 Å². The Morgan fingerprint density at radius 3 is 2.25 bits per heavy atom. The highest BCUT2D eigenvalue weighted by Crippen LogP contribution is 2.20. The maximum atomic E-state index is 5.73. The lowest BCUT2D eigenvalue weighted by Crippen LogP contribution is -2.39. The van der Waals surface area contributed by atoms with E-state index in [2.05, 4.69) is 51.7 Å². The van der Waals surface area contributed by atoms with E-state index in [1.54, 1.807) is 0 Å². The molecule has 0 atom stereocenters. The van der Waals surface area contributed by atoms with Gasteiger partial charge in [-0.3, -0.25) is 0 Å². The standard InChI is InChI=1S/C14H24OSi/c1-7-15-13-9-8-12(11(2)3)10-14(13)16(4,5)6/h8-11H,7H2,1-6H3. The smallest absolute Gasteiger partial charge is 0.118 e. The van der Waals surface area contributed by atoms with Crippen molar-refractivity contribution in [3.8, 4) is 5.75 Å². The third-order valence-electron chi connectivity index (χ3n) is 2.78. The van der Waals surface area contributed by atoms with Crippen molar-refractivity contribution in [1.29, 1.82) is 0 Å². The molecule has 0 saturated heterocycles. The zero-order valence-electron chi connectivity index (χ0n) is 11.4. The average molecular weight is 236 g/mol. The van der Waals surface area contributed by atoms with Crippen LogP contribution in [0.4, 0.5) is 0 Å². The number of ether oxygens (including phenoxy) is 1.